The van der Waals surface area contributed by atoms with Crippen LogP contribution in [0.1, 0.15) is 111 Å². The molecular formula is C36H80O8Si8. The molecule has 0 aromatic heterocycles. The third-order valence-corrected chi connectivity index (χ3v) is 63.4. The summed E-state index contributed by atoms with van der Waals surface area (Å²) >= 11 is 0. The van der Waals surface area contributed by atoms with Crippen LogP contribution in [0.3, 0.4) is 0 Å². The van der Waals surface area contributed by atoms with Crippen LogP contribution in [0.2, 0.25) is 71.0 Å². The van der Waals surface area contributed by atoms with Crippen LogP contribution in [0.15, 0.2) is 0 Å². The van der Waals surface area contributed by atoms with Crippen LogP contribution in [0.5, 0.6) is 0 Å². The van der Waals surface area contributed by atoms with Gasteiger partial charge in [0.25, 0.3) is 0 Å². The average Bonchev–Trinajstić information content (AvgIpc) is 2.79. The van der Waals surface area contributed by atoms with E-state index >= 15 is 0 Å². The van der Waals surface area contributed by atoms with Crippen molar-refractivity contribution in [2.45, 2.75) is 182 Å². The molecule has 0 saturated carbocycles. The van der Waals surface area contributed by atoms with Crippen LogP contribution >= 0.6 is 0 Å². The third kappa shape index (κ3) is 10.2. The molecule has 52 heavy (non-hydrogen) atoms. The normalized spacial score (nSPS) is 42.0. The largest absolute Gasteiger partial charge is 0.415 e. The number of hydrogen-bond donors (Lipinski definition) is 0. The van der Waals surface area contributed by atoms with Gasteiger partial charge in [-0.3, -0.25) is 0 Å². The second-order valence-electron chi connectivity index (χ2n) is 21.6. The second kappa shape index (κ2) is 15.9. The molecule has 0 aromatic carbocycles. The van der Waals surface area contributed by atoms with Crippen molar-refractivity contribution in [1.29, 1.82) is 0 Å². The molecule has 6 fully saturated rings. The van der Waals surface area contributed by atoms with Crippen LogP contribution in [-0.2, 0) is 32.9 Å². The van der Waals surface area contributed by atoms with Gasteiger partial charge in [-0.15, -0.1) is 0 Å². The van der Waals surface area contributed by atoms with E-state index in [1.165, 1.54) is 0 Å². The Hall–Kier alpha value is 1.42. The summed E-state index contributed by atoms with van der Waals surface area (Å²) in [4.78, 5) is 0. The standard InChI is InChI=1S/C36H80O8Si8/c1-29(2)17-45-25-46(18-30(3)4)38-49(21-33(9)10)26-47(37-45,19-31(5)6)43-50(22-34(11)12)27-48(41-45,20-32(7)8)39-51(42-46,23-35(13)14)28-52(40-50,44-49)24-36(15)16/h29-36H,17-28H2,1-16H3. The fourth-order valence-corrected chi connectivity index (χ4v) is 85.4. The van der Waals surface area contributed by atoms with E-state index < -0.39 is 68.5 Å². The Balaban J connectivity index is 1.97. The van der Waals surface area contributed by atoms with Crippen LogP contribution < -0.4 is 0 Å². The first kappa shape index (κ1) is 44.5. The van der Waals surface area contributed by atoms with E-state index in [-0.39, 0.29) is 0 Å². The Labute approximate surface area is 328 Å². The molecule has 0 amide bonds. The molecule has 0 spiro atoms. The first-order valence-electron chi connectivity index (χ1n) is 21.4. The molecule has 6 aliphatic heterocycles. The summed E-state index contributed by atoms with van der Waals surface area (Å²) in [5.74, 6) is 3.33. The highest BCUT2D eigenvalue weighted by Crippen LogP contribution is 2.59. The van der Waals surface area contributed by atoms with Gasteiger partial charge in [-0.25, -0.2) is 0 Å². The minimum absolute atomic E-state index is 0.416. The molecule has 6 heterocycles. The SMILES string of the molecule is CC(C)C[Si]12C[Si]3(CC(C)C)O[Si]4(CC(C)C)C[Si]5(CC(C)C)O[Si](CC(C)C)(C[Si](CC(C)C)(O1)O4)O[Si](CC(C)C)(C[Si](CC(C)C)(O3)O5)O2. The lowest BCUT2D eigenvalue weighted by Crippen LogP contribution is -2.85. The lowest BCUT2D eigenvalue weighted by molar-refractivity contribution is 0.156. The molecule has 0 N–H and O–H groups in total. The van der Waals surface area contributed by atoms with Gasteiger partial charge >= 0.3 is 68.5 Å². The molecule has 0 radical (unpaired) electrons. The number of hydrogen-bond acceptors (Lipinski definition) is 8. The molecule has 8 bridgehead atoms. The third-order valence-electron chi connectivity index (χ3n) is 10.9. The molecule has 8 nitrogen and oxygen atoms in total. The molecule has 0 unspecified atom stereocenters. The molecular weight excluding hydrogens is 785 g/mol. The zero-order chi connectivity index (χ0) is 38.8. The minimum atomic E-state index is -3.05. The van der Waals surface area contributed by atoms with Crippen LogP contribution in [0.25, 0.3) is 0 Å². The van der Waals surface area contributed by atoms with Gasteiger partial charge in [0.15, 0.2) is 0 Å². The predicted molar refractivity (Wildman–Crippen MR) is 231 cm³/mol. The highest BCUT2D eigenvalue weighted by Gasteiger charge is 2.79. The highest BCUT2D eigenvalue weighted by molar-refractivity contribution is 7.13. The Bertz CT molecular complexity index is 888. The zero-order valence-electron chi connectivity index (χ0n) is 36.4. The summed E-state index contributed by atoms with van der Waals surface area (Å²) in [6.07, 6.45) is 0. The van der Waals surface area contributed by atoms with E-state index in [1.807, 2.05) is 0 Å². The van der Waals surface area contributed by atoms with Gasteiger partial charge in [0.05, 0.1) is 0 Å². The van der Waals surface area contributed by atoms with Crippen LogP contribution in [0.4, 0.5) is 0 Å². The Morgan fingerprint density at radius 3 is 0.404 bits per heavy atom. The van der Waals surface area contributed by atoms with Gasteiger partial charge in [-0.05, 0) is 95.7 Å². The molecule has 304 valence electrons. The first-order valence-corrected chi connectivity index (χ1v) is 39.3. The smallest absolute Gasteiger partial charge is 0.322 e. The summed E-state index contributed by atoms with van der Waals surface area (Å²) in [6.45, 7) is 37.8. The second-order valence-corrected chi connectivity index (χ2v) is 51.6. The topological polar surface area (TPSA) is 73.8 Å². The van der Waals surface area contributed by atoms with Crippen molar-refractivity contribution in [3.05, 3.63) is 0 Å². The van der Waals surface area contributed by atoms with Crippen molar-refractivity contribution in [3.8, 4) is 0 Å². The van der Waals surface area contributed by atoms with E-state index in [4.69, 9.17) is 32.9 Å². The molecule has 6 rings (SSSR count). The highest BCUT2D eigenvalue weighted by atomic mass is 28.6. The monoisotopic (exact) mass is 864 g/mol. The predicted octanol–water partition coefficient (Wildman–Crippen LogP) is 11.1. The summed E-state index contributed by atoms with van der Waals surface area (Å²) in [5, 5.41) is 0. The van der Waals surface area contributed by atoms with Gasteiger partial charge in [0.1, 0.15) is 0 Å². The van der Waals surface area contributed by atoms with Gasteiger partial charge in [-0.2, -0.15) is 0 Å². The molecule has 6 saturated heterocycles. The minimum Gasteiger partial charge on any atom is -0.415 e. The van der Waals surface area contributed by atoms with E-state index in [2.05, 4.69) is 111 Å². The molecule has 16 heteroatoms. The molecule has 6 aliphatic rings. The van der Waals surface area contributed by atoms with E-state index in [0.717, 1.165) is 71.0 Å². The maximum Gasteiger partial charge on any atom is 0.322 e. The zero-order valence-corrected chi connectivity index (χ0v) is 44.4. The van der Waals surface area contributed by atoms with E-state index in [1.54, 1.807) is 0 Å². The summed E-state index contributed by atoms with van der Waals surface area (Å²) in [6, 6.07) is 7.47. The Kier molecular flexibility index (Phi) is 13.6. The molecule has 0 aliphatic carbocycles. The number of rotatable bonds is 16. The van der Waals surface area contributed by atoms with Crippen molar-refractivity contribution < 1.29 is 32.9 Å². The Morgan fingerprint density at radius 1 is 0.231 bits per heavy atom. The van der Waals surface area contributed by atoms with Gasteiger partial charge in [0, 0.05) is 22.7 Å². The first-order chi connectivity index (χ1) is 23.8. The van der Waals surface area contributed by atoms with Crippen molar-refractivity contribution in [1.82, 2.24) is 0 Å². The van der Waals surface area contributed by atoms with Crippen molar-refractivity contribution in [2.75, 3.05) is 0 Å². The summed E-state index contributed by atoms with van der Waals surface area (Å²) in [5.41, 5.74) is 3.35. The average molecular weight is 866 g/mol. The van der Waals surface area contributed by atoms with Crippen molar-refractivity contribution in [2.24, 2.45) is 47.3 Å². The van der Waals surface area contributed by atoms with Gasteiger partial charge in [0.2, 0.25) is 0 Å². The van der Waals surface area contributed by atoms with Crippen LogP contribution in [-0.4, -0.2) is 68.5 Å². The van der Waals surface area contributed by atoms with Crippen LogP contribution in [0, 0.1) is 47.3 Å². The van der Waals surface area contributed by atoms with Crippen molar-refractivity contribution >= 4 is 68.5 Å². The fraction of sp³-hybridized carbons (Fsp3) is 1.00. The lowest BCUT2D eigenvalue weighted by Gasteiger charge is -2.66. The fourth-order valence-electron chi connectivity index (χ4n) is 11.3. The quantitative estimate of drug-likeness (QED) is 0.142. The van der Waals surface area contributed by atoms with E-state index in [0.29, 0.717) is 47.3 Å². The van der Waals surface area contributed by atoms with Gasteiger partial charge < -0.3 is 32.9 Å². The summed E-state index contributed by atoms with van der Waals surface area (Å²) in [7, 11) is -24.4. The Morgan fingerprint density at radius 2 is 0.327 bits per heavy atom. The maximum absolute atomic E-state index is 8.35. The summed E-state index contributed by atoms with van der Waals surface area (Å²) < 4.78 is 66.6. The lowest BCUT2D eigenvalue weighted by atomic mass is 10.3. The molecule has 0 aromatic rings. The maximum atomic E-state index is 8.35. The van der Waals surface area contributed by atoms with Crippen molar-refractivity contribution in [3.63, 3.8) is 0 Å². The molecule has 0 atom stereocenters. The van der Waals surface area contributed by atoms with Gasteiger partial charge in [-0.1, -0.05) is 111 Å². The van der Waals surface area contributed by atoms with E-state index in [9.17, 15) is 0 Å².